The lowest BCUT2D eigenvalue weighted by molar-refractivity contribution is 0.0937. The first kappa shape index (κ1) is 18.6. The topological polar surface area (TPSA) is 54.5 Å². The summed E-state index contributed by atoms with van der Waals surface area (Å²) in [5, 5.41) is 9.72. The predicted octanol–water partition coefficient (Wildman–Crippen LogP) is 3.91. The van der Waals surface area contributed by atoms with Crippen LogP contribution < -0.4 is 10.1 Å². The summed E-state index contributed by atoms with van der Waals surface area (Å²) < 4.78 is 5.21. The van der Waals surface area contributed by atoms with Crippen molar-refractivity contribution < 1.29 is 9.53 Å². The maximum atomic E-state index is 12.5. The molecule has 0 aliphatic heterocycles. The van der Waals surface area contributed by atoms with Gasteiger partial charge in [0.2, 0.25) is 0 Å². The van der Waals surface area contributed by atoms with Crippen molar-refractivity contribution in [2.75, 3.05) is 27.7 Å². The van der Waals surface area contributed by atoms with Gasteiger partial charge in [0.05, 0.1) is 13.2 Å². The van der Waals surface area contributed by atoms with Crippen molar-refractivity contribution in [1.29, 1.82) is 0 Å². The second-order valence-corrected chi connectivity index (χ2v) is 7.65. The molecule has 1 aromatic carbocycles. The highest BCUT2D eigenvalue weighted by atomic mass is 32.1. The first-order valence-electron chi connectivity index (χ1n) is 8.15. The fraction of sp³-hybridized carbons (Fsp3) is 0.263. The Kier molecular flexibility index (Phi) is 6.03. The Hall–Kier alpha value is -2.22. The van der Waals surface area contributed by atoms with E-state index in [-0.39, 0.29) is 11.9 Å². The fourth-order valence-electron chi connectivity index (χ4n) is 2.60. The molecule has 1 atom stereocenters. The van der Waals surface area contributed by atoms with Crippen LogP contribution in [-0.2, 0) is 0 Å². The standard InChI is InChI=1S/C19H21N3O2S2/c1-22(2)17(13-4-6-15(24-3)7-5-13)10-20-18(23)16-12-26-19(21-16)14-8-9-25-11-14/h4-9,11-12,17H,10H2,1-3H3,(H,20,23). The molecule has 0 bridgehead atoms. The fourth-order valence-corrected chi connectivity index (χ4v) is 4.11. The normalized spacial score (nSPS) is 12.2. The summed E-state index contributed by atoms with van der Waals surface area (Å²) in [6.07, 6.45) is 0. The zero-order valence-corrected chi connectivity index (χ0v) is 16.6. The van der Waals surface area contributed by atoms with Gasteiger partial charge in [-0.1, -0.05) is 12.1 Å². The van der Waals surface area contributed by atoms with E-state index in [9.17, 15) is 4.79 Å². The molecule has 1 unspecified atom stereocenters. The van der Waals surface area contributed by atoms with Gasteiger partial charge in [-0.05, 0) is 43.2 Å². The number of nitrogens with one attached hydrogen (secondary N) is 1. The minimum absolute atomic E-state index is 0.0693. The molecule has 5 nitrogen and oxygen atoms in total. The molecule has 0 aliphatic rings. The number of likely N-dealkylation sites (N-methyl/N-ethyl adjacent to an activating group) is 1. The molecule has 2 aromatic heterocycles. The maximum Gasteiger partial charge on any atom is 0.270 e. The number of rotatable bonds is 7. The molecule has 0 aliphatic carbocycles. The summed E-state index contributed by atoms with van der Waals surface area (Å²) >= 11 is 3.11. The molecule has 26 heavy (non-hydrogen) atoms. The molecule has 0 radical (unpaired) electrons. The van der Waals surface area contributed by atoms with E-state index in [0.29, 0.717) is 12.2 Å². The number of thiazole rings is 1. The summed E-state index contributed by atoms with van der Waals surface area (Å²) in [4.78, 5) is 19.0. The Morgan fingerprint density at radius 2 is 2.00 bits per heavy atom. The van der Waals surface area contributed by atoms with E-state index in [0.717, 1.165) is 21.9 Å². The lowest BCUT2D eigenvalue weighted by atomic mass is 10.1. The third-order valence-corrected chi connectivity index (χ3v) is 5.66. The number of carbonyl (C=O) groups excluding carboxylic acids is 1. The zero-order chi connectivity index (χ0) is 18.5. The van der Waals surface area contributed by atoms with Gasteiger partial charge in [-0.15, -0.1) is 11.3 Å². The molecule has 3 rings (SSSR count). The molecule has 136 valence electrons. The predicted molar refractivity (Wildman–Crippen MR) is 107 cm³/mol. The number of amides is 1. The molecule has 2 heterocycles. The van der Waals surface area contributed by atoms with Crippen molar-refractivity contribution in [2.24, 2.45) is 0 Å². The van der Waals surface area contributed by atoms with Crippen LogP contribution in [0.2, 0.25) is 0 Å². The number of ether oxygens (including phenoxy) is 1. The van der Waals surface area contributed by atoms with E-state index in [1.807, 2.05) is 55.2 Å². The third kappa shape index (κ3) is 4.30. The van der Waals surface area contributed by atoms with Gasteiger partial charge in [0.15, 0.2) is 0 Å². The second-order valence-electron chi connectivity index (χ2n) is 6.01. The molecule has 0 spiro atoms. The lowest BCUT2D eigenvalue weighted by Crippen LogP contribution is -2.34. The lowest BCUT2D eigenvalue weighted by Gasteiger charge is -2.25. The number of hydrogen-bond acceptors (Lipinski definition) is 6. The van der Waals surface area contributed by atoms with Gasteiger partial charge in [0.1, 0.15) is 16.5 Å². The monoisotopic (exact) mass is 387 g/mol. The number of nitrogens with zero attached hydrogens (tertiary/aromatic N) is 2. The van der Waals surface area contributed by atoms with Crippen LogP contribution in [0.1, 0.15) is 22.1 Å². The van der Waals surface area contributed by atoms with E-state index >= 15 is 0 Å². The van der Waals surface area contributed by atoms with Crippen LogP contribution in [0.15, 0.2) is 46.5 Å². The van der Waals surface area contributed by atoms with E-state index in [2.05, 4.69) is 15.2 Å². The van der Waals surface area contributed by atoms with Crippen molar-refractivity contribution in [3.05, 3.63) is 57.7 Å². The second kappa shape index (κ2) is 8.44. The molecule has 0 saturated heterocycles. The Balaban J connectivity index is 1.66. The summed E-state index contributed by atoms with van der Waals surface area (Å²) in [7, 11) is 5.65. The quantitative estimate of drug-likeness (QED) is 0.668. The number of hydrogen-bond donors (Lipinski definition) is 1. The molecular weight excluding hydrogens is 366 g/mol. The van der Waals surface area contributed by atoms with Gasteiger partial charge in [-0.2, -0.15) is 11.3 Å². The number of thiophene rings is 1. The maximum absolute atomic E-state index is 12.5. The highest BCUT2D eigenvalue weighted by Gasteiger charge is 2.17. The van der Waals surface area contributed by atoms with E-state index < -0.39 is 0 Å². The minimum Gasteiger partial charge on any atom is -0.497 e. The van der Waals surface area contributed by atoms with Crippen molar-refractivity contribution in [3.8, 4) is 16.3 Å². The Morgan fingerprint density at radius 1 is 1.23 bits per heavy atom. The van der Waals surface area contributed by atoms with Crippen LogP contribution in [0.25, 0.3) is 10.6 Å². The Morgan fingerprint density at radius 3 is 2.62 bits per heavy atom. The van der Waals surface area contributed by atoms with Crippen LogP contribution in [0.5, 0.6) is 5.75 Å². The first-order valence-corrected chi connectivity index (χ1v) is 9.97. The molecular formula is C19H21N3O2S2. The third-order valence-electron chi connectivity index (χ3n) is 4.08. The number of aromatic nitrogens is 1. The van der Waals surface area contributed by atoms with Crippen molar-refractivity contribution in [2.45, 2.75) is 6.04 Å². The van der Waals surface area contributed by atoms with Crippen LogP contribution in [0, 0.1) is 0 Å². The molecule has 0 fully saturated rings. The molecule has 0 saturated carbocycles. The number of benzene rings is 1. The molecule has 1 amide bonds. The van der Waals surface area contributed by atoms with Crippen LogP contribution in [-0.4, -0.2) is 43.5 Å². The van der Waals surface area contributed by atoms with Crippen LogP contribution >= 0.6 is 22.7 Å². The minimum atomic E-state index is -0.150. The SMILES string of the molecule is COc1ccc(C(CNC(=O)c2csc(-c3ccsc3)n2)N(C)C)cc1. The molecule has 7 heteroatoms. The van der Waals surface area contributed by atoms with Gasteiger partial charge in [0.25, 0.3) is 5.91 Å². The smallest absolute Gasteiger partial charge is 0.270 e. The summed E-state index contributed by atoms with van der Waals surface area (Å²) in [5.74, 6) is 0.668. The molecule has 3 aromatic rings. The van der Waals surface area contributed by atoms with Crippen molar-refractivity contribution in [3.63, 3.8) is 0 Å². The highest BCUT2D eigenvalue weighted by Crippen LogP contribution is 2.26. The summed E-state index contributed by atoms with van der Waals surface area (Å²) in [5.41, 5.74) is 2.64. The van der Waals surface area contributed by atoms with Crippen LogP contribution in [0.4, 0.5) is 0 Å². The Bertz CT molecular complexity index is 842. The zero-order valence-electron chi connectivity index (χ0n) is 14.9. The van der Waals surface area contributed by atoms with E-state index in [4.69, 9.17) is 4.74 Å². The van der Waals surface area contributed by atoms with Crippen molar-refractivity contribution in [1.82, 2.24) is 15.2 Å². The number of methoxy groups -OCH3 is 1. The average molecular weight is 388 g/mol. The van der Waals surface area contributed by atoms with E-state index in [1.54, 1.807) is 23.8 Å². The summed E-state index contributed by atoms with van der Waals surface area (Å²) in [6, 6.07) is 9.99. The number of carbonyl (C=O) groups is 1. The van der Waals surface area contributed by atoms with Gasteiger partial charge < -0.3 is 15.0 Å². The van der Waals surface area contributed by atoms with Gasteiger partial charge >= 0.3 is 0 Å². The van der Waals surface area contributed by atoms with Crippen LogP contribution in [0.3, 0.4) is 0 Å². The molecule has 1 N–H and O–H groups in total. The van der Waals surface area contributed by atoms with Crippen molar-refractivity contribution >= 4 is 28.6 Å². The first-order chi connectivity index (χ1) is 12.6. The largest absolute Gasteiger partial charge is 0.497 e. The Labute approximate surface area is 161 Å². The van der Waals surface area contributed by atoms with Gasteiger partial charge in [0, 0.05) is 22.9 Å². The van der Waals surface area contributed by atoms with Gasteiger partial charge in [-0.25, -0.2) is 4.98 Å². The van der Waals surface area contributed by atoms with E-state index in [1.165, 1.54) is 11.3 Å². The van der Waals surface area contributed by atoms with Gasteiger partial charge in [-0.3, -0.25) is 4.79 Å². The highest BCUT2D eigenvalue weighted by molar-refractivity contribution is 7.14. The average Bonchev–Trinajstić information content (AvgIpc) is 3.33. The summed E-state index contributed by atoms with van der Waals surface area (Å²) in [6.45, 7) is 0.503.